The summed E-state index contributed by atoms with van der Waals surface area (Å²) in [5.74, 6) is 3.51. The van der Waals surface area contributed by atoms with Crippen LogP contribution in [0.1, 0.15) is 33.1 Å². The monoisotopic (exact) mass is 201 g/mol. The fourth-order valence-electron chi connectivity index (χ4n) is 1.70. The highest BCUT2D eigenvalue weighted by Crippen LogP contribution is 2.11. The molecule has 0 aliphatic carbocycles. The maximum Gasteiger partial charge on any atom is 0.00723 e. The van der Waals surface area contributed by atoms with E-state index in [1.165, 1.54) is 50.4 Å². The summed E-state index contributed by atoms with van der Waals surface area (Å²) in [6.45, 7) is 8.61. The maximum absolute atomic E-state index is 2.62. The Labute approximate surface area is 87.3 Å². The van der Waals surface area contributed by atoms with Gasteiger partial charge in [-0.15, -0.1) is 0 Å². The van der Waals surface area contributed by atoms with Gasteiger partial charge < -0.3 is 4.90 Å². The number of rotatable bonds is 5. The lowest BCUT2D eigenvalue weighted by atomic mass is 10.1. The average Bonchev–Trinajstić information content (AvgIpc) is 2.14. The highest BCUT2D eigenvalue weighted by atomic mass is 32.2. The molecule has 0 N–H and O–H groups in total. The third-order valence-electron chi connectivity index (χ3n) is 2.45. The lowest BCUT2D eigenvalue weighted by molar-refractivity contribution is 0.242. The van der Waals surface area contributed by atoms with Crippen LogP contribution < -0.4 is 0 Å². The topological polar surface area (TPSA) is 3.24 Å². The van der Waals surface area contributed by atoms with E-state index in [2.05, 4.69) is 30.5 Å². The molecule has 0 atom stereocenters. The van der Waals surface area contributed by atoms with E-state index >= 15 is 0 Å². The molecule has 1 nitrogen and oxygen atoms in total. The van der Waals surface area contributed by atoms with Crippen molar-refractivity contribution in [3.63, 3.8) is 0 Å². The van der Waals surface area contributed by atoms with Gasteiger partial charge in [0.25, 0.3) is 0 Å². The van der Waals surface area contributed by atoms with E-state index in [1.54, 1.807) is 0 Å². The Bertz CT molecular complexity index is 119. The molecule has 78 valence electrons. The number of hydrogen-bond donors (Lipinski definition) is 0. The molecule has 1 rings (SSSR count). The van der Waals surface area contributed by atoms with Crippen molar-refractivity contribution >= 4 is 11.8 Å². The van der Waals surface area contributed by atoms with Crippen LogP contribution in [0.2, 0.25) is 0 Å². The average molecular weight is 201 g/mol. The Balaban J connectivity index is 1.92. The van der Waals surface area contributed by atoms with Gasteiger partial charge in [0, 0.05) is 12.3 Å². The molecule has 13 heavy (non-hydrogen) atoms. The molecule has 0 unspecified atom stereocenters. The molecule has 1 aliphatic rings. The van der Waals surface area contributed by atoms with Gasteiger partial charge in [-0.25, -0.2) is 0 Å². The summed E-state index contributed by atoms with van der Waals surface area (Å²) in [5, 5.41) is 0. The third-order valence-corrected chi connectivity index (χ3v) is 3.83. The molecule has 0 aromatic heterocycles. The molecule has 0 radical (unpaired) electrons. The lowest BCUT2D eigenvalue weighted by Gasteiger charge is -2.26. The van der Waals surface area contributed by atoms with E-state index < -0.39 is 0 Å². The molecule has 1 heterocycles. The van der Waals surface area contributed by atoms with Gasteiger partial charge in [0.15, 0.2) is 0 Å². The smallest absolute Gasteiger partial charge is 0.00723 e. The van der Waals surface area contributed by atoms with Crippen molar-refractivity contribution < 1.29 is 0 Å². The van der Waals surface area contributed by atoms with Crippen molar-refractivity contribution in [2.45, 2.75) is 33.1 Å². The third kappa shape index (κ3) is 5.58. The van der Waals surface area contributed by atoms with Crippen LogP contribution >= 0.6 is 11.8 Å². The number of piperidine rings is 1. The Morgan fingerprint density at radius 3 is 2.46 bits per heavy atom. The van der Waals surface area contributed by atoms with E-state index in [4.69, 9.17) is 0 Å². The standard InChI is InChI=1S/C11H23NS/c1-11(2)10-13-9-8-12-6-4-3-5-7-12/h11H,3-10H2,1-2H3. The molecular weight excluding hydrogens is 178 g/mol. The first-order chi connectivity index (χ1) is 6.29. The highest BCUT2D eigenvalue weighted by Gasteiger charge is 2.08. The number of likely N-dealkylation sites (tertiary alicyclic amines) is 1. The zero-order chi connectivity index (χ0) is 9.52. The summed E-state index contributed by atoms with van der Waals surface area (Å²) < 4.78 is 0. The predicted octanol–water partition coefficient (Wildman–Crippen LogP) is 2.86. The fourth-order valence-corrected chi connectivity index (χ4v) is 2.72. The normalized spacial score (nSPS) is 19.6. The summed E-state index contributed by atoms with van der Waals surface area (Å²) in [7, 11) is 0. The summed E-state index contributed by atoms with van der Waals surface area (Å²) in [4.78, 5) is 2.62. The van der Waals surface area contributed by atoms with Crippen LogP contribution in [0.3, 0.4) is 0 Å². The SMILES string of the molecule is CC(C)CSCCN1CCCCC1. The fraction of sp³-hybridized carbons (Fsp3) is 1.00. The molecule has 0 bridgehead atoms. The van der Waals surface area contributed by atoms with Gasteiger partial charge in [0.2, 0.25) is 0 Å². The molecule has 0 aromatic rings. The van der Waals surface area contributed by atoms with Crippen LogP contribution in [0, 0.1) is 5.92 Å². The summed E-state index contributed by atoms with van der Waals surface area (Å²) in [5.41, 5.74) is 0. The molecule has 0 aromatic carbocycles. The summed E-state index contributed by atoms with van der Waals surface area (Å²) in [6.07, 6.45) is 4.30. The minimum absolute atomic E-state index is 0.853. The van der Waals surface area contributed by atoms with Crippen LogP contribution in [-0.4, -0.2) is 36.0 Å². The number of thioether (sulfide) groups is 1. The van der Waals surface area contributed by atoms with Crippen LogP contribution in [0.15, 0.2) is 0 Å². The number of nitrogens with zero attached hydrogens (tertiary/aromatic N) is 1. The van der Waals surface area contributed by atoms with Crippen LogP contribution in [-0.2, 0) is 0 Å². The molecule has 0 saturated carbocycles. The Morgan fingerprint density at radius 1 is 1.15 bits per heavy atom. The van der Waals surface area contributed by atoms with Gasteiger partial charge in [0.05, 0.1) is 0 Å². The molecule has 0 spiro atoms. The van der Waals surface area contributed by atoms with Gasteiger partial charge in [0.1, 0.15) is 0 Å². The molecule has 0 amide bonds. The number of hydrogen-bond acceptors (Lipinski definition) is 2. The quantitative estimate of drug-likeness (QED) is 0.629. The van der Waals surface area contributed by atoms with Gasteiger partial charge in [-0.2, -0.15) is 11.8 Å². The first kappa shape index (κ1) is 11.4. The molecule has 1 aliphatic heterocycles. The minimum Gasteiger partial charge on any atom is -0.303 e. The van der Waals surface area contributed by atoms with E-state index in [0.29, 0.717) is 0 Å². The van der Waals surface area contributed by atoms with Crippen molar-refractivity contribution in [2.75, 3.05) is 31.1 Å². The maximum atomic E-state index is 2.62. The predicted molar refractivity (Wildman–Crippen MR) is 62.5 cm³/mol. The molecule has 2 heteroatoms. The van der Waals surface area contributed by atoms with Gasteiger partial charge >= 0.3 is 0 Å². The minimum atomic E-state index is 0.853. The van der Waals surface area contributed by atoms with Gasteiger partial charge in [-0.05, 0) is 37.6 Å². The summed E-state index contributed by atoms with van der Waals surface area (Å²) in [6, 6.07) is 0. The zero-order valence-electron chi connectivity index (χ0n) is 9.09. The second kappa shape index (κ2) is 6.72. The Hall–Kier alpha value is 0.310. The second-order valence-electron chi connectivity index (χ2n) is 4.37. The van der Waals surface area contributed by atoms with Crippen molar-refractivity contribution in [1.82, 2.24) is 4.90 Å². The van der Waals surface area contributed by atoms with Gasteiger partial charge in [-0.3, -0.25) is 0 Å². The lowest BCUT2D eigenvalue weighted by Crippen LogP contribution is -2.31. The highest BCUT2D eigenvalue weighted by molar-refractivity contribution is 7.99. The van der Waals surface area contributed by atoms with Gasteiger partial charge in [-0.1, -0.05) is 20.3 Å². The molecule has 1 fully saturated rings. The van der Waals surface area contributed by atoms with Crippen LogP contribution in [0.25, 0.3) is 0 Å². The first-order valence-corrected chi connectivity index (χ1v) is 6.74. The summed E-state index contributed by atoms with van der Waals surface area (Å²) >= 11 is 2.11. The van der Waals surface area contributed by atoms with Crippen molar-refractivity contribution in [2.24, 2.45) is 5.92 Å². The van der Waals surface area contributed by atoms with Crippen LogP contribution in [0.5, 0.6) is 0 Å². The second-order valence-corrected chi connectivity index (χ2v) is 5.52. The Morgan fingerprint density at radius 2 is 1.85 bits per heavy atom. The zero-order valence-corrected chi connectivity index (χ0v) is 9.91. The van der Waals surface area contributed by atoms with Crippen molar-refractivity contribution in [3.05, 3.63) is 0 Å². The largest absolute Gasteiger partial charge is 0.303 e. The van der Waals surface area contributed by atoms with Crippen molar-refractivity contribution in [3.8, 4) is 0 Å². The Kier molecular flexibility index (Phi) is 5.88. The van der Waals surface area contributed by atoms with E-state index in [-0.39, 0.29) is 0 Å². The first-order valence-electron chi connectivity index (χ1n) is 5.59. The van der Waals surface area contributed by atoms with E-state index in [9.17, 15) is 0 Å². The molecular formula is C11H23NS. The van der Waals surface area contributed by atoms with Crippen molar-refractivity contribution in [1.29, 1.82) is 0 Å². The molecule has 1 saturated heterocycles. The van der Waals surface area contributed by atoms with E-state index in [1.807, 2.05) is 0 Å². The van der Waals surface area contributed by atoms with E-state index in [0.717, 1.165) is 5.92 Å². The van der Waals surface area contributed by atoms with Crippen LogP contribution in [0.4, 0.5) is 0 Å².